The smallest absolute Gasteiger partial charge is 0.410 e. The topological polar surface area (TPSA) is 88.2 Å². The van der Waals surface area contributed by atoms with Gasteiger partial charge in [-0.3, -0.25) is 9.69 Å². The Labute approximate surface area is 145 Å². The maximum Gasteiger partial charge on any atom is 0.410 e. The van der Waals surface area contributed by atoms with Gasteiger partial charge in [-0.05, 0) is 6.42 Å². The van der Waals surface area contributed by atoms with E-state index in [0.717, 1.165) is 24.6 Å². The highest BCUT2D eigenvalue weighted by atomic mass is 32.2. The summed E-state index contributed by atoms with van der Waals surface area (Å²) < 4.78 is 5.02. The normalized spacial score (nSPS) is 25.3. The molecule has 2 fully saturated rings. The fraction of sp³-hybridized carbons (Fsp3) is 0.643. The molecule has 0 aromatic carbocycles. The number of carbonyl (C=O) groups excluding carboxylic acids is 2. The number of carbonyl (C=O) groups is 2. The molecule has 0 unspecified atom stereocenters. The lowest BCUT2D eigenvalue weighted by Gasteiger charge is -2.27. The van der Waals surface area contributed by atoms with Gasteiger partial charge >= 0.3 is 6.09 Å². The SMILES string of the molecule is C=CCOC(=O)N1C[C@@H](S)C[C@H]1C(=O)N=C(N)N1CCSCC1. The average molecular weight is 358 g/mol. The van der Waals surface area contributed by atoms with Crippen molar-refractivity contribution in [2.45, 2.75) is 17.7 Å². The van der Waals surface area contributed by atoms with E-state index in [4.69, 9.17) is 10.5 Å². The molecule has 2 rings (SSSR count). The van der Waals surface area contributed by atoms with Crippen LogP contribution in [0.15, 0.2) is 17.6 Å². The van der Waals surface area contributed by atoms with E-state index in [1.807, 2.05) is 16.7 Å². The van der Waals surface area contributed by atoms with Crippen LogP contribution in [-0.2, 0) is 9.53 Å². The van der Waals surface area contributed by atoms with Crippen molar-refractivity contribution >= 4 is 42.4 Å². The largest absolute Gasteiger partial charge is 0.445 e. The number of thiol groups is 1. The number of aliphatic imine (C=N–C) groups is 1. The van der Waals surface area contributed by atoms with Gasteiger partial charge in [0.15, 0.2) is 5.96 Å². The zero-order chi connectivity index (χ0) is 16.8. The number of rotatable bonds is 3. The lowest BCUT2D eigenvalue weighted by atomic mass is 10.2. The van der Waals surface area contributed by atoms with Crippen LogP contribution < -0.4 is 5.73 Å². The Morgan fingerprint density at radius 3 is 2.78 bits per heavy atom. The van der Waals surface area contributed by atoms with Crippen LogP contribution in [0.25, 0.3) is 0 Å². The Bertz CT molecular complexity index is 494. The highest BCUT2D eigenvalue weighted by Gasteiger charge is 2.39. The Hall–Kier alpha value is -1.35. The average Bonchev–Trinajstić information content (AvgIpc) is 2.95. The van der Waals surface area contributed by atoms with E-state index in [1.165, 1.54) is 11.0 Å². The van der Waals surface area contributed by atoms with E-state index in [2.05, 4.69) is 24.2 Å². The molecule has 23 heavy (non-hydrogen) atoms. The van der Waals surface area contributed by atoms with Crippen LogP contribution in [0.5, 0.6) is 0 Å². The molecule has 0 bridgehead atoms. The molecule has 2 aliphatic heterocycles. The van der Waals surface area contributed by atoms with Crippen molar-refractivity contribution in [3.05, 3.63) is 12.7 Å². The molecular formula is C14H22N4O3S2. The summed E-state index contributed by atoms with van der Waals surface area (Å²) in [5, 5.41) is -0.0805. The highest BCUT2D eigenvalue weighted by molar-refractivity contribution is 7.99. The number of thioether (sulfide) groups is 1. The summed E-state index contributed by atoms with van der Waals surface area (Å²) in [6, 6.07) is -0.674. The molecule has 2 amide bonds. The van der Waals surface area contributed by atoms with Gasteiger partial charge in [-0.1, -0.05) is 12.7 Å². The maximum atomic E-state index is 12.4. The quantitative estimate of drug-likeness (QED) is 0.332. The van der Waals surface area contributed by atoms with Crippen LogP contribution in [-0.4, -0.2) is 76.8 Å². The fourth-order valence-corrected chi connectivity index (χ4v) is 3.79. The molecule has 2 heterocycles. The van der Waals surface area contributed by atoms with Crippen LogP contribution in [0.3, 0.4) is 0 Å². The first-order chi connectivity index (χ1) is 11.0. The molecule has 0 radical (unpaired) electrons. The number of nitrogens with zero attached hydrogens (tertiary/aromatic N) is 3. The zero-order valence-electron chi connectivity index (χ0n) is 12.9. The first kappa shape index (κ1) is 18.0. The molecular weight excluding hydrogens is 336 g/mol. The van der Waals surface area contributed by atoms with Gasteiger partial charge in [0.05, 0.1) is 0 Å². The van der Waals surface area contributed by atoms with Crippen molar-refractivity contribution < 1.29 is 14.3 Å². The minimum atomic E-state index is -0.674. The third-order valence-corrected chi connectivity index (χ3v) is 5.00. The van der Waals surface area contributed by atoms with Crippen molar-refractivity contribution in [3.63, 3.8) is 0 Å². The number of ether oxygens (including phenoxy) is 1. The lowest BCUT2D eigenvalue weighted by Crippen LogP contribution is -2.45. The molecule has 0 aliphatic carbocycles. The van der Waals surface area contributed by atoms with E-state index in [0.29, 0.717) is 13.0 Å². The van der Waals surface area contributed by atoms with Crippen molar-refractivity contribution in [2.75, 3.05) is 37.7 Å². The van der Waals surface area contributed by atoms with Crippen LogP contribution in [0.1, 0.15) is 6.42 Å². The Morgan fingerprint density at radius 1 is 1.43 bits per heavy atom. The summed E-state index contributed by atoms with van der Waals surface area (Å²) in [7, 11) is 0. The number of hydrogen-bond donors (Lipinski definition) is 2. The molecule has 0 aromatic rings. The Morgan fingerprint density at radius 2 is 2.13 bits per heavy atom. The van der Waals surface area contributed by atoms with Crippen LogP contribution in [0.2, 0.25) is 0 Å². The van der Waals surface area contributed by atoms with E-state index >= 15 is 0 Å². The lowest BCUT2D eigenvalue weighted by molar-refractivity contribution is -0.121. The third kappa shape index (κ3) is 4.81. The van der Waals surface area contributed by atoms with Gasteiger partial charge in [-0.25, -0.2) is 4.79 Å². The summed E-state index contributed by atoms with van der Waals surface area (Å²) in [6.07, 6.45) is 1.37. The number of hydrogen-bond acceptors (Lipinski definition) is 5. The van der Waals surface area contributed by atoms with Gasteiger partial charge in [0.1, 0.15) is 12.6 Å². The molecule has 7 nitrogen and oxygen atoms in total. The van der Waals surface area contributed by atoms with Crippen molar-refractivity contribution in [2.24, 2.45) is 10.7 Å². The summed E-state index contributed by atoms with van der Waals surface area (Å²) >= 11 is 6.22. The maximum absolute atomic E-state index is 12.4. The second-order valence-corrected chi connectivity index (χ2v) is 7.29. The molecule has 9 heteroatoms. The molecule has 2 saturated heterocycles. The van der Waals surface area contributed by atoms with Gasteiger partial charge in [0.2, 0.25) is 0 Å². The number of nitrogens with two attached hydrogens (primary N) is 1. The monoisotopic (exact) mass is 358 g/mol. The van der Waals surface area contributed by atoms with Gasteiger partial charge in [-0.2, -0.15) is 29.4 Å². The Balaban J connectivity index is 2.03. The predicted molar refractivity (Wildman–Crippen MR) is 95.0 cm³/mol. The standard InChI is InChI=1S/C14H22N4O3S2/c1-2-5-21-14(20)18-9-10(22)8-11(18)12(19)16-13(15)17-3-6-23-7-4-17/h2,10-11,22H,1,3-9H2,(H2,15,16,19)/t10-,11-/m0/s1. The minimum absolute atomic E-state index is 0.0805. The van der Waals surface area contributed by atoms with Gasteiger partial charge in [0, 0.05) is 36.4 Å². The number of likely N-dealkylation sites (tertiary alicyclic amines) is 1. The molecule has 128 valence electrons. The second-order valence-electron chi connectivity index (χ2n) is 5.33. The summed E-state index contributed by atoms with van der Waals surface area (Å²) in [5.41, 5.74) is 5.93. The number of guanidine groups is 1. The Kier molecular flexibility index (Phi) is 6.64. The van der Waals surface area contributed by atoms with Gasteiger partial charge in [0.25, 0.3) is 5.91 Å². The molecule has 0 spiro atoms. The summed E-state index contributed by atoms with van der Waals surface area (Å²) in [6.45, 7) is 5.50. The van der Waals surface area contributed by atoms with E-state index in [1.54, 1.807) is 0 Å². The van der Waals surface area contributed by atoms with Crippen LogP contribution in [0, 0.1) is 0 Å². The van der Waals surface area contributed by atoms with E-state index in [9.17, 15) is 9.59 Å². The second kappa shape index (κ2) is 8.49. The summed E-state index contributed by atoms with van der Waals surface area (Å²) in [5.74, 6) is 1.73. The highest BCUT2D eigenvalue weighted by Crippen LogP contribution is 2.24. The first-order valence-corrected chi connectivity index (χ1v) is 9.13. The van der Waals surface area contributed by atoms with E-state index < -0.39 is 18.0 Å². The van der Waals surface area contributed by atoms with Crippen LogP contribution in [0.4, 0.5) is 4.79 Å². The first-order valence-electron chi connectivity index (χ1n) is 7.46. The minimum Gasteiger partial charge on any atom is -0.445 e. The molecule has 2 aliphatic rings. The molecule has 2 N–H and O–H groups in total. The molecule has 0 saturated carbocycles. The molecule has 0 aromatic heterocycles. The van der Waals surface area contributed by atoms with Crippen LogP contribution >= 0.6 is 24.4 Å². The zero-order valence-corrected chi connectivity index (χ0v) is 14.6. The van der Waals surface area contributed by atoms with E-state index in [-0.39, 0.29) is 17.8 Å². The molecule has 2 atom stereocenters. The van der Waals surface area contributed by atoms with Gasteiger partial charge < -0.3 is 15.4 Å². The van der Waals surface area contributed by atoms with Gasteiger partial charge in [-0.15, -0.1) is 0 Å². The predicted octanol–water partition coefficient (Wildman–Crippen LogP) is 0.572. The number of amides is 2. The van der Waals surface area contributed by atoms with Crippen molar-refractivity contribution in [3.8, 4) is 0 Å². The fourth-order valence-electron chi connectivity index (χ4n) is 2.51. The third-order valence-electron chi connectivity index (χ3n) is 3.68. The van der Waals surface area contributed by atoms with Crippen molar-refractivity contribution in [1.29, 1.82) is 0 Å². The summed E-state index contributed by atoms with van der Waals surface area (Å²) in [4.78, 5) is 31.7. The van der Waals surface area contributed by atoms with Crippen molar-refractivity contribution in [1.82, 2.24) is 9.80 Å².